The molecule has 0 fully saturated rings. The normalized spacial score (nSPS) is 12.4. The van der Waals surface area contributed by atoms with Gasteiger partial charge in [-0.25, -0.2) is 4.79 Å². The topological polar surface area (TPSA) is 76.7 Å². The Kier molecular flexibility index (Phi) is 7.74. The van der Waals surface area contributed by atoms with Gasteiger partial charge >= 0.3 is 6.09 Å². The number of amides is 2. The van der Waals surface area contributed by atoms with Crippen molar-refractivity contribution in [2.24, 2.45) is 5.92 Å². The molecule has 140 valence electrons. The highest BCUT2D eigenvalue weighted by Crippen LogP contribution is 2.17. The van der Waals surface area contributed by atoms with Gasteiger partial charge in [-0.1, -0.05) is 32.0 Å². The number of benzene rings is 1. The highest BCUT2D eigenvalue weighted by Gasteiger charge is 2.26. The Morgan fingerprint density at radius 1 is 1.16 bits per heavy atom. The lowest BCUT2D eigenvalue weighted by atomic mass is 10.0. The fraction of sp³-hybridized carbons (Fsp3) is 0.579. The monoisotopic (exact) mass is 350 g/mol. The minimum atomic E-state index is -0.646. The lowest BCUT2D eigenvalue weighted by Crippen LogP contribution is -2.51. The Balaban J connectivity index is 2.58. The quantitative estimate of drug-likeness (QED) is 0.793. The number of methoxy groups -OCH3 is 1. The summed E-state index contributed by atoms with van der Waals surface area (Å²) in [7, 11) is 1.62. The summed E-state index contributed by atoms with van der Waals surface area (Å²) in [6.07, 6.45) is 0.0542. The number of hydrogen-bond acceptors (Lipinski definition) is 4. The van der Waals surface area contributed by atoms with E-state index < -0.39 is 17.7 Å². The zero-order valence-electron chi connectivity index (χ0n) is 16.0. The van der Waals surface area contributed by atoms with Gasteiger partial charge in [-0.15, -0.1) is 0 Å². The minimum absolute atomic E-state index is 0.0567. The Morgan fingerprint density at radius 2 is 1.80 bits per heavy atom. The Hall–Kier alpha value is -2.24. The molecule has 0 saturated carbocycles. The molecule has 2 N–H and O–H groups in total. The van der Waals surface area contributed by atoms with Crippen LogP contribution in [0, 0.1) is 5.92 Å². The molecule has 0 bridgehead atoms. The number of carbonyl (C=O) groups excluding carboxylic acids is 2. The predicted molar refractivity (Wildman–Crippen MR) is 97.7 cm³/mol. The maximum atomic E-state index is 12.4. The molecule has 0 aliphatic rings. The Labute approximate surface area is 150 Å². The maximum Gasteiger partial charge on any atom is 0.408 e. The van der Waals surface area contributed by atoms with Crippen molar-refractivity contribution in [3.05, 3.63) is 29.8 Å². The molecule has 25 heavy (non-hydrogen) atoms. The first-order valence-electron chi connectivity index (χ1n) is 8.53. The van der Waals surface area contributed by atoms with E-state index in [1.54, 1.807) is 27.9 Å². The predicted octanol–water partition coefficient (Wildman–Crippen LogP) is 2.90. The molecule has 0 radical (unpaired) electrons. The third-order valence-electron chi connectivity index (χ3n) is 3.51. The van der Waals surface area contributed by atoms with Gasteiger partial charge in [0.15, 0.2) is 0 Å². The fourth-order valence-electron chi connectivity index (χ4n) is 2.31. The van der Waals surface area contributed by atoms with Crippen molar-refractivity contribution in [1.29, 1.82) is 0 Å². The molecule has 6 nitrogen and oxygen atoms in total. The highest BCUT2D eigenvalue weighted by atomic mass is 16.6. The fourth-order valence-corrected chi connectivity index (χ4v) is 2.31. The van der Waals surface area contributed by atoms with Crippen molar-refractivity contribution in [3.63, 3.8) is 0 Å². The number of nitrogens with one attached hydrogen (secondary N) is 2. The Morgan fingerprint density at radius 3 is 2.36 bits per heavy atom. The molecule has 0 aliphatic heterocycles. The smallest absolute Gasteiger partial charge is 0.408 e. The average molecular weight is 350 g/mol. The van der Waals surface area contributed by atoms with Crippen molar-refractivity contribution in [3.8, 4) is 5.75 Å². The van der Waals surface area contributed by atoms with Gasteiger partial charge in [-0.2, -0.15) is 0 Å². The van der Waals surface area contributed by atoms with E-state index >= 15 is 0 Å². The van der Waals surface area contributed by atoms with Gasteiger partial charge in [0.05, 0.1) is 7.11 Å². The summed E-state index contributed by atoms with van der Waals surface area (Å²) < 4.78 is 10.5. The van der Waals surface area contributed by atoms with E-state index in [0.29, 0.717) is 13.0 Å². The van der Waals surface area contributed by atoms with Crippen LogP contribution in [0.1, 0.15) is 40.2 Å². The van der Waals surface area contributed by atoms with Crippen molar-refractivity contribution < 1.29 is 19.1 Å². The van der Waals surface area contributed by atoms with Crippen molar-refractivity contribution in [1.82, 2.24) is 10.6 Å². The van der Waals surface area contributed by atoms with Crippen LogP contribution >= 0.6 is 0 Å². The molecule has 0 saturated heterocycles. The number of hydrogen-bond donors (Lipinski definition) is 2. The van der Waals surface area contributed by atoms with E-state index in [0.717, 1.165) is 11.3 Å². The summed E-state index contributed by atoms with van der Waals surface area (Å²) in [5.74, 6) is 0.513. The zero-order chi connectivity index (χ0) is 19.0. The molecule has 6 heteroatoms. The number of para-hydroxylation sites is 1. The third-order valence-corrected chi connectivity index (χ3v) is 3.51. The SMILES string of the molecule is COc1ccccc1CCNC(=O)C(NC(=O)OC(C)(C)C)C(C)C. The summed E-state index contributed by atoms with van der Waals surface area (Å²) in [4.78, 5) is 24.3. The lowest BCUT2D eigenvalue weighted by molar-refractivity contribution is -0.124. The second kappa shape index (κ2) is 9.30. The molecule has 1 aromatic carbocycles. The molecule has 0 aromatic heterocycles. The molecule has 2 amide bonds. The van der Waals surface area contributed by atoms with E-state index in [1.165, 1.54) is 0 Å². The third kappa shape index (κ3) is 7.45. The summed E-state index contributed by atoms with van der Waals surface area (Å²) in [6.45, 7) is 9.56. The van der Waals surface area contributed by atoms with Gasteiger partial charge in [0.2, 0.25) is 5.91 Å². The van der Waals surface area contributed by atoms with Crippen molar-refractivity contribution in [2.75, 3.05) is 13.7 Å². The number of ether oxygens (including phenoxy) is 2. The minimum Gasteiger partial charge on any atom is -0.496 e. The van der Waals surface area contributed by atoms with Gasteiger partial charge in [0, 0.05) is 6.54 Å². The standard InChI is InChI=1S/C19H30N2O4/c1-13(2)16(21-18(23)25-19(3,4)5)17(22)20-12-11-14-9-7-8-10-15(14)24-6/h7-10,13,16H,11-12H2,1-6H3,(H,20,22)(H,21,23). The van der Waals surface area contributed by atoms with Crippen LogP contribution in [0.15, 0.2) is 24.3 Å². The summed E-state index contributed by atoms with van der Waals surface area (Å²) in [5, 5.41) is 5.51. The molecular formula is C19H30N2O4. The second-order valence-corrected chi connectivity index (χ2v) is 7.22. The van der Waals surface area contributed by atoms with Gasteiger partial charge in [-0.05, 0) is 44.7 Å². The van der Waals surface area contributed by atoms with E-state index in [4.69, 9.17) is 9.47 Å². The average Bonchev–Trinajstić information content (AvgIpc) is 2.51. The molecule has 1 atom stereocenters. The van der Waals surface area contributed by atoms with Gasteiger partial charge in [-0.3, -0.25) is 4.79 Å². The number of rotatable bonds is 7. The van der Waals surface area contributed by atoms with Crippen LogP contribution in [-0.4, -0.2) is 37.3 Å². The maximum absolute atomic E-state index is 12.4. The Bertz CT molecular complexity index is 579. The van der Waals surface area contributed by atoms with Gasteiger partial charge in [0.1, 0.15) is 17.4 Å². The molecule has 1 rings (SSSR count). The first-order valence-corrected chi connectivity index (χ1v) is 8.53. The van der Waals surface area contributed by atoms with Crippen LogP contribution in [-0.2, 0) is 16.0 Å². The highest BCUT2D eigenvalue weighted by molar-refractivity contribution is 5.85. The summed E-state index contributed by atoms with van der Waals surface area (Å²) >= 11 is 0. The van der Waals surface area contributed by atoms with E-state index in [9.17, 15) is 9.59 Å². The molecule has 0 heterocycles. The largest absolute Gasteiger partial charge is 0.496 e. The molecule has 1 aromatic rings. The van der Waals surface area contributed by atoms with E-state index in [-0.39, 0.29) is 11.8 Å². The van der Waals surface area contributed by atoms with Crippen molar-refractivity contribution >= 4 is 12.0 Å². The van der Waals surface area contributed by atoms with Crippen molar-refractivity contribution in [2.45, 2.75) is 52.7 Å². The molecule has 0 spiro atoms. The van der Waals surface area contributed by atoms with Gasteiger partial charge < -0.3 is 20.1 Å². The van der Waals surface area contributed by atoms with Crippen LogP contribution in [0.3, 0.4) is 0 Å². The van der Waals surface area contributed by atoms with Crippen LogP contribution < -0.4 is 15.4 Å². The number of alkyl carbamates (subject to hydrolysis) is 1. The summed E-state index contributed by atoms with van der Waals surface area (Å²) in [5.41, 5.74) is 0.415. The van der Waals surface area contributed by atoms with Crippen LogP contribution in [0.5, 0.6) is 5.75 Å². The van der Waals surface area contributed by atoms with E-state index in [2.05, 4.69) is 10.6 Å². The van der Waals surface area contributed by atoms with E-state index in [1.807, 2.05) is 38.1 Å². The molecule has 1 unspecified atom stereocenters. The first kappa shape index (κ1) is 20.8. The first-order chi connectivity index (χ1) is 11.6. The zero-order valence-corrected chi connectivity index (χ0v) is 16.0. The van der Waals surface area contributed by atoms with Crippen LogP contribution in [0.25, 0.3) is 0 Å². The molecular weight excluding hydrogens is 320 g/mol. The second-order valence-electron chi connectivity index (χ2n) is 7.22. The number of carbonyl (C=O) groups is 2. The summed E-state index contributed by atoms with van der Waals surface area (Å²) in [6, 6.07) is 7.04. The van der Waals surface area contributed by atoms with Gasteiger partial charge in [0.25, 0.3) is 0 Å². The lowest BCUT2D eigenvalue weighted by Gasteiger charge is -2.25. The van der Waals surface area contributed by atoms with Crippen LogP contribution in [0.2, 0.25) is 0 Å². The van der Waals surface area contributed by atoms with Crippen LogP contribution in [0.4, 0.5) is 4.79 Å². The molecule has 0 aliphatic carbocycles.